The second-order valence-electron chi connectivity index (χ2n) is 2.73. The van der Waals surface area contributed by atoms with Crippen LogP contribution in [0.3, 0.4) is 0 Å². The highest BCUT2D eigenvalue weighted by Gasteiger charge is 2.11. The lowest BCUT2D eigenvalue weighted by atomic mass is 10.2. The average Bonchev–Trinajstić information content (AvgIpc) is 2.71. The number of hydrogen-bond acceptors (Lipinski definition) is 5. The van der Waals surface area contributed by atoms with E-state index in [0.29, 0.717) is 11.3 Å². The maximum Gasteiger partial charge on any atom is 0.357 e. The van der Waals surface area contributed by atoms with Crippen molar-refractivity contribution in [3.63, 3.8) is 0 Å². The number of carbonyl (C=O) groups is 2. The summed E-state index contributed by atoms with van der Waals surface area (Å²) >= 11 is 1.11. The zero-order valence-electron chi connectivity index (χ0n) is 8.86. The summed E-state index contributed by atoms with van der Waals surface area (Å²) in [7, 11) is 1.28. The molecular weight excluding hydrogens is 228 g/mol. The van der Waals surface area contributed by atoms with Gasteiger partial charge in [-0.1, -0.05) is 23.6 Å². The molecule has 0 aliphatic carbocycles. The van der Waals surface area contributed by atoms with E-state index in [2.05, 4.69) is 26.8 Å². The number of esters is 1. The zero-order valence-corrected chi connectivity index (χ0v) is 9.68. The largest absolute Gasteiger partial charge is 0.464 e. The van der Waals surface area contributed by atoms with Crippen molar-refractivity contribution < 1.29 is 14.3 Å². The molecule has 0 aromatic carbocycles. The van der Waals surface area contributed by atoms with Crippen molar-refractivity contribution in [3.8, 4) is 11.8 Å². The van der Waals surface area contributed by atoms with Crippen LogP contribution in [0.4, 0.5) is 0 Å². The Bertz CT molecular complexity index is 456. The molecule has 84 valence electrons. The lowest BCUT2D eigenvalue weighted by molar-refractivity contribution is -0.109. The fourth-order valence-corrected chi connectivity index (χ4v) is 1.26. The maximum absolute atomic E-state index is 11.2. The van der Waals surface area contributed by atoms with Crippen LogP contribution in [0.15, 0.2) is 6.20 Å². The van der Waals surface area contributed by atoms with Crippen LogP contribution in [0.2, 0.25) is 0 Å². The van der Waals surface area contributed by atoms with Crippen molar-refractivity contribution in [1.29, 1.82) is 0 Å². The first-order valence-electron chi connectivity index (χ1n) is 4.39. The molecule has 1 heterocycles. The molecule has 0 saturated heterocycles. The molecule has 0 bridgehead atoms. The number of carbonyl (C=O) groups excluding carboxylic acids is 2. The molecule has 16 heavy (non-hydrogen) atoms. The number of aromatic nitrogens is 2. The summed E-state index contributed by atoms with van der Waals surface area (Å²) < 4.78 is 4.54. The second-order valence-corrected chi connectivity index (χ2v) is 3.88. The smallest absolute Gasteiger partial charge is 0.357 e. The molecule has 1 rings (SSSR count). The van der Waals surface area contributed by atoms with Crippen LogP contribution < -0.4 is 0 Å². The summed E-state index contributed by atoms with van der Waals surface area (Å²) in [4.78, 5) is 21.8. The highest BCUT2D eigenvalue weighted by Crippen LogP contribution is 2.04. The first-order chi connectivity index (χ1) is 7.65. The molecule has 1 N–H and O–H groups in total. The molecule has 5 nitrogen and oxygen atoms in total. The van der Waals surface area contributed by atoms with Gasteiger partial charge >= 0.3 is 5.97 Å². The minimum Gasteiger partial charge on any atom is -0.464 e. The summed E-state index contributed by atoms with van der Waals surface area (Å²) in [5.41, 5.74) is 0.693. The third kappa shape index (κ3) is 3.44. The third-order valence-electron chi connectivity index (χ3n) is 1.60. The zero-order chi connectivity index (χ0) is 12.0. The van der Waals surface area contributed by atoms with Gasteiger partial charge < -0.3 is 4.74 Å². The number of thioether (sulfide) groups is 1. The van der Waals surface area contributed by atoms with Gasteiger partial charge in [-0.2, -0.15) is 5.10 Å². The van der Waals surface area contributed by atoms with Crippen LogP contribution in [0.5, 0.6) is 0 Å². The molecule has 0 aliphatic rings. The summed E-state index contributed by atoms with van der Waals surface area (Å²) in [6, 6.07) is 0. The van der Waals surface area contributed by atoms with Gasteiger partial charge in [0.25, 0.3) is 0 Å². The fourth-order valence-electron chi connectivity index (χ4n) is 0.908. The molecule has 6 heteroatoms. The van der Waals surface area contributed by atoms with E-state index in [9.17, 15) is 9.59 Å². The summed E-state index contributed by atoms with van der Waals surface area (Å²) in [5, 5.41) is 6.22. The highest BCUT2D eigenvalue weighted by atomic mass is 32.2. The summed E-state index contributed by atoms with van der Waals surface area (Å²) in [5.74, 6) is 5.39. The van der Waals surface area contributed by atoms with Gasteiger partial charge in [0.2, 0.25) is 0 Å². The lowest BCUT2D eigenvalue weighted by Gasteiger charge is -1.94. The van der Waals surface area contributed by atoms with Crippen molar-refractivity contribution in [2.75, 3.05) is 12.9 Å². The van der Waals surface area contributed by atoms with Gasteiger partial charge in [0, 0.05) is 6.92 Å². The first kappa shape index (κ1) is 12.3. The van der Waals surface area contributed by atoms with Gasteiger partial charge in [-0.3, -0.25) is 9.89 Å². The van der Waals surface area contributed by atoms with Gasteiger partial charge in [0.05, 0.1) is 24.6 Å². The quantitative estimate of drug-likeness (QED) is 0.610. The van der Waals surface area contributed by atoms with Crippen LogP contribution in [0, 0.1) is 11.8 Å². The number of H-pyrrole nitrogens is 1. The van der Waals surface area contributed by atoms with E-state index in [-0.39, 0.29) is 10.8 Å². The molecule has 0 saturated carbocycles. The van der Waals surface area contributed by atoms with E-state index in [1.165, 1.54) is 20.2 Å². The van der Waals surface area contributed by atoms with Gasteiger partial charge in [-0.15, -0.1) is 0 Å². The van der Waals surface area contributed by atoms with E-state index < -0.39 is 5.97 Å². The standard InChI is InChI=1S/C10H10N2O3S/c1-7(13)16-5-3-4-8-6-11-12-9(8)10(14)15-2/h6H,5H2,1-2H3,(H,11,12). The Balaban J connectivity index is 2.70. The number of nitrogens with zero attached hydrogens (tertiary/aromatic N) is 1. The summed E-state index contributed by atoms with van der Waals surface area (Å²) in [6.45, 7) is 1.48. The van der Waals surface area contributed by atoms with Crippen molar-refractivity contribution in [2.24, 2.45) is 0 Å². The Morgan fingerprint density at radius 3 is 3.00 bits per heavy atom. The predicted octanol–water partition coefficient (Wildman–Crippen LogP) is 0.828. The van der Waals surface area contributed by atoms with Gasteiger partial charge in [-0.05, 0) is 0 Å². The van der Waals surface area contributed by atoms with Crippen molar-refractivity contribution in [3.05, 3.63) is 17.5 Å². The third-order valence-corrected chi connectivity index (χ3v) is 2.29. The minimum absolute atomic E-state index is 0.00897. The minimum atomic E-state index is -0.513. The van der Waals surface area contributed by atoms with Crippen LogP contribution in [0.25, 0.3) is 0 Å². The molecular formula is C10H10N2O3S. The van der Waals surface area contributed by atoms with Crippen LogP contribution >= 0.6 is 11.8 Å². The Morgan fingerprint density at radius 2 is 2.38 bits per heavy atom. The van der Waals surface area contributed by atoms with Gasteiger partial charge in [0.15, 0.2) is 10.8 Å². The highest BCUT2D eigenvalue weighted by molar-refractivity contribution is 8.13. The van der Waals surface area contributed by atoms with E-state index in [0.717, 1.165) is 11.8 Å². The molecule has 1 aromatic rings. The lowest BCUT2D eigenvalue weighted by Crippen LogP contribution is -2.03. The normalized spacial score (nSPS) is 9.12. The van der Waals surface area contributed by atoms with Crippen molar-refractivity contribution >= 4 is 22.8 Å². The molecule has 0 atom stereocenters. The predicted molar refractivity (Wildman–Crippen MR) is 59.9 cm³/mol. The average molecular weight is 238 g/mol. The van der Waals surface area contributed by atoms with E-state index in [4.69, 9.17) is 0 Å². The molecule has 1 aromatic heterocycles. The number of rotatable bonds is 2. The molecule has 0 spiro atoms. The molecule has 0 aliphatic heterocycles. The molecule has 0 fully saturated rings. The van der Waals surface area contributed by atoms with E-state index in [1.807, 2.05) is 0 Å². The molecule has 0 amide bonds. The number of nitrogens with one attached hydrogen (secondary N) is 1. The van der Waals surface area contributed by atoms with Crippen molar-refractivity contribution in [1.82, 2.24) is 10.2 Å². The van der Waals surface area contributed by atoms with Gasteiger partial charge in [0.1, 0.15) is 0 Å². The number of hydrogen-bond donors (Lipinski definition) is 1. The number of ether oxygens (including phenoxy) is 1. The maximum atomic E-state index is 11.2. The number of methoxy groups -OCH3 is 1. The fraction of sp³-hybridized carbons (Fsp3) is 0.300. The first-order valence-corrected chi connectivity index (χ1v) is 5.37. The van der Waals surface area contributed by atoms with E-state index >= 15 is 0 Å². The number of aromatic amines is 1. The Hall–Kier alpha value is -1.74. The Labute approximate surface area is 96.9 Å². The van der Waals surface area contributed by atoms with Crippen LogP contribution in [0.1, 0.15) is 23.0 Å². The van der Waals surface area contributed by atoms with Crippen LogP contribution in [-0.4, -0.2) is 34.1 Å². The summed E-state index contributed by atoms with van der Waals surface area (Å²) in [6.07, 6.45) is 1.44. The van der Waals surface area contributed by atoms with E-state index in [1.54, 1.807) is 0 Å². The Kier molecular flexibility index (Phi) is 4.61. The monoisotopic (exact) mass is 238 g/mol. The molecule has 0 unspecified atom stereocenters. The SMILES string of the molecule is COC(=O)c1[nH]ncc1C#CCSC(C)=O. The second kappa shape index (κ2) is 5.98. The van der Waals surface area contributed by atoms with Gasteiger partial charge in [-0.25, -0.2) is 4.79 Å². The topological polar surface area (TPSA) is 72.1 Å². The molecule has 0 radical (unpaired) electrons. The van der Waals surface area contributed by atoms with Crippen LogP contribution in [-0.2, 0) is 9.53 Å². The Morgan fingerprint density at radius 1 is 1.62 bits per heavy atom. The van der Waals surface area contributed by atoms with Crippen molar-refractivity contribution in [2.45, 2.75) is 6.92 Å².